The van der Waals surface area contributed by atoms with Crippen LogP contribution in [0.5, 0.6) is 0 Å². The largest absolute Gasteiger partial charge is 0.357 e. The number of hydrogen-bond donors (Lipinski definition) is 1. The van der Waals surface area contributed by atoms with E-state index in [2.05, 4.69) is 40.4 Å². The molecular weight excluding hydrogens is 186 g/mol. The lowest BCUT2D eigenvalue weighted by atomic mass is 10.1. The summed E-state index contributed by atoms with van der Waals surface area (Å²) < 4.78 is 0. The molecule has 1 aromatic heterocycles. The number of benzene rings is 1. The zero-order chi connectivity index (χ0) is 10.7. The fraction of sp³-hybridized carbons (Fsp3) is 0.167. The van der Waals surface area contributed by atoms with E-state index in [1.165, 1.54) is 5.56 Å². The van der Waals surface area contributed by atoms with Crippen molar-refractivity contribution >= 4 is 5.95 Å². The molecule has 1 N–H and O–H groups in total. The summed E-state index contributed by atoms with van der Waals surface area (Å²) in [5.74, 6) is 0.645. The molecule has 0 aliphatic carbocycles. The monoisotopic (exact) mass is 199 g/mol. The highest BCUT2D eigenvalue weighted by atomic mass is 15.1. The number of nitrogens with one attached hydrogen (secondary N) is 1. The third kappa shape index (κ3) is 2.13. The van der Waals surface area contributed by atoms with Crippen LogP contribution in [-0.4, -0.2) is 17.0 Å². The van der Waals surface area contributed by atoms with Crippen LogP contribution in [0.15, 0.2) is 36.7 Å². The first-order valence-corrected chi connectivity index (χ1v) is 4.86. The van der Waals surface area contributed by atoms with E-state index in [9.17, 15) is 0 Å². The Balaban J connectivity index is 2.37. The number of aromatic nitrogens is 2. The van der Waals surface area contributed by atoms with Gasteiger partial charge in [-0.15, -0.1) is 0 Å². The fourth-order valence-electron chi connectivity index (χ4n) is 1.43. The van der Waals surface area contributed by atoms with Gasteiger partial charge in [0.05, 0.1) is 0 Å². The Morgan fingerprint density at radius 2 is 1.80 bits per heavy atom. The molecule has 0 aliphatic rings. The quantitative estimate of drug-likeness (QED) is 0.807. The highest BCUT2D eigenvalue weighted by molar-refractivity contribution is 5.62. The van der Waals surface area contributed by atoms with Crippen LogP contribution < -0.4 is 5.32 Å². The van der Waals surface area contributed by atoms with E-state index in [-0.39, 0.29) is 0 Å². The molecule has 0 aliphatic heterocycles. The molecule has 1 heterocycles. The first kappa shape index (κ1) is 9.65. The third-order valence-corrected chi connectivity index (χ3v) is 2.23. The minimum Gasteiger partial charge on any atom is -0.357 e. The van der Waals surface area contributed by atoms with E-state index in [4.69, 9.17) is 0 Å². The van der Waals surface area contributed by atoms with Crippen molar-refractivity contribution in [1.29, 1.82) is 0 Å². The summed E-state index contributed by atoms with van der Waals surface area (Å²) in [4.78, 5) is 8.36. The van der Waals surface area contributed by atoms with Gasteiger partial charge in [0.1, 0.15) is 0 Å². The Morgan fingerprint density at radius 1 is 1.07 bits per heavy atom. The SMILES string of the molecule is CNc1ncc(-c2cccc(C)c2)cn1. The molecule has 0 radical (unpaired) electrons. The Bertz CT molecular complexity index is 449. The maximum Gasteiger partial charge on any atom is 0.222 e. The molecule has 15 heavy (non-hydrogen) atoms. The molecule has 2 rings (SSSR count). The maximum absolute atomic E-state index is 4.18. The molecule has 0 amide bonds. The molecule has 0 spiro atoms. The van der Waals surface area contributed by atoms with Crippen molar-refractivity contribution in [3.05, 3.63) is 42.2 Å². The van der Waals surface area contributed by atoms with Gasteiger partial charge in [-0.25, -0.2) is 9.97 Å². The molecule has 0 saturated carbocycles. The maximum atomic E-state index is 4.18. The molecule has 0 atom stereocenters. The summed E-state index contributed by atoms with van der Waals surface area (Å²) in [6, 6.07) is 8.30. The van der Waals surface area contributed by atoms with Crippen LogP contribution >= 0.6 is 0 Å². The normalized spacial score (nSPS) is 10.0. The lowest BCUT2D eigenvalue weighted by molar-refractivity contribution is 1.15. The van der Waals surface area contributed by atoms with Crippen LogP contribution in [0.4, 0.5) is 5.95 Å². The molecule has 3 nitrogen and oxygen atoms in total. The van der Waals surface area contributed by atoms with Crippen LogP contribution in [0.1, 0.15) is 5.56 Å². The second-order valence-corrected chi connectivity index (χ2v) is 3.41. The number of anilines is 1. The Morgan fingerprint density at radius 3 is 2.40 bits per heavy atom. The van der Waals surface area contributed by atoms with Crippen LogP contribution in [-0.2, 0) is 0 Å². The number of hydrogen-bond acceptors (Lipinski definition) is 3. The first-order chi connectivity index (χ1) is 7.29. The van der Waals surface area contributed by atoms with Crippen LogP contribution in [0.2, 0.25) is 0 Å². The fourth-order valence-corrected chi connectivity index (χ4v) is 1.43. The molecule has 2 aromatic rings. The summed E-state index contributed by atoms with van der Waals surface area (Å²) in [5.41, 5.74) is 3.43. The zero-order valence-electron chi connectivity index (χ0n) is 8.86. The Kier molecular flexibility index (Phi) is 2.63. The standard InChI is InChI=1S/C12H13N3/c1-9-4-3-5-10(6-9)11-7-14-12(13-2)15-8-11/h3-8H,1-2H3,(H,13,14,15). The van der Waals surface area contributed by atoms with Crippen molar-refractivity contribution in [1.82, 2.24) is 9.97 Å². The van der Waals surface area contributed by atoms with Crippen LogP contribution in [0.25, 0.3) is 11.1 Å². The minimum atomic E-state index is 0.645. The van der Waals surface area contributed by atoms with E-state index >= 15 is 0 Å². The van der Waals surface area contributed by atoms with Gasteiger partial charge in [0.15, 0.2) is 0 Å². The lowest BCUT2D eigenvalue weighted by Gasteiger charge is -2.03. The van der Waals surface area contributed by atoms with E-state index in [1.807, 2.05) is 25.5 Å². The highest BCUT2D eigenvalue weighted by Gasteiger charge is 1.99. The topological polar surface area (TPSA) is 37.8 Å². The summed E-state index contributed by atoms with van der Waals surface area (Å²) in [6.45, 7) is 2.08. The van der Waals surface area contributed by atoms with Crippen LogP contribution in [0.3, 0.4) is 0 Å². The average Bonchev–Trinajstić information content (AvgIpc) is 2.29. The number of nitrogens with zero attached hydrogens (tertiary/aromatic N) is 2. The van der Waals surface area contributed by atoms with Gasteiger partial charge in [0, 0.05) is 25.0 Å². The Hall–Kier alpha value is -1.90. The predicted octanol–water partition coefficient (Wildman–Crippen LogP) is 2.49. The summed E-state index contributed by atoms with van der Waals surface area (Å²) >= 11 is 0. The van der Waals surface area contributed by atoms with E-state index in [1.54, 1.807) is 0 Å². The van der Waals surface area contributed by atoms with Crippen molar-refractivity contribution in [2.75, 3.05) is 12.4 Å². The van der Waals surface area contributed by atoms with E-state index in [0.717, 1.165) is 11.1 Å². The first-order valence-electron chi connectivity index (χ1n) is 4.86. The summed E-state index contributed by atoms with van der Waals surface area (Å²) in [7, 11) is 1.81. The second-order valence-electron chi connectivity index (χ2n) is 3.41. The van der Waals surface area contributed by atoms with Gasteiger partial charge in [-0.3, -0.25) is 0 Å². The van der Waals surface area contributed by atoms with E-state index < -0.39 is 0 Å². The predicted molar refractivity (Wildman–Crippen MR) is 61.8 cm³/mol. The van der Waals surface area contributed by atoms with Crippen molar-refractivity contribution in [2.45, 2.75) is 6.92 Å². The third-order valence-electron chi connectivity index (χ3n) is 2.23. The number of aryl methyl sites for hydroxylation is 1. The van der Waals surface area contributed by atoms with Gasteiger partial charge in [-0.1, -0.05) is 29.8 Å². The van der Waals surface area contributed by atoms with Crippen molar-refractivity contribution < 1.29 is 0 Å². The molecule has 0 saturated heterocycles. The molecular formula is C12H13N3. The van der Waals surface area contributed by atoms with Gasteiger partial charge in [0.2, 0.25) is 5.95 Å². The molecule has 1 aromatic carbocycles. The second kappa shape index (κ2) is 4.09. The van der Waals surface area contributed by atoms with Crippen molar-refractivity contribution in [3.8, 4) is 11.1 Å². The lowest BCUT2D eigenvalue weighted by Crippen LogP contribution is -1.95. The van der Waals surface area contributed by atoms with Gasteiger partial charge in [-0.05, 0) is 12.5 Å². The summed E-state index contributed by atoms with van der Waals surface area (Å²) in [6.07, 6.45) is 3.65. The van der Waals surface area contributed by atoms with Gasteiger partial charge in [0.25, 0.3) is 0 Å². The molecule has 0 fully saturated rings. The van der Waals surface area contributed by atoms with Gasteiger partial charge < -0.3 is 5.32 Å². The Labute approximate surface area is 89.2 Å². The minimum absolute atomic E-state index is 0.645. The molecule has 0 bridgehead atoms. The zero-order valence-corrected chi connectivity index (χ0v) is 8.86. The van der Waals surface area contributed by atoms with Crippen molar-refractivity contribution in [2.24, 2.45) is 0 Å². The smallest absolute Gasteiger partial charge is 0.222 e. The highest BCUT2D eigenvalue weighted by Crippen LogP contribution is 2.18. The molecule has 76 valence electrons. The van der Waals surface area contributed by atoms with Crippen molar-refractivity contribution in [3.63, 3.8) is 0 Å². The number of rotatable bonds is 2. The average molecular weight is 199 g/mol. The summed E-state index contributed by atoms with van der Waals surface area (Å²) in [5, 5.41) is 2.89. The molecule has 3 heteroatoms. The van der Waals surface area contributed by atoms with Crippen LogP contribution in [0, 0.1) is 6.92 Å². The van der Waals surface area contributed by atoms with Gasteiger partial charge in [-0.2, -0.15) is 0 Å². The van der Waals surface area contributed by atoms with E-state index in [0.29, 0.717) is 5.95 Å². The molecule has 0 unspecified atom stereocenters. The van der Waals surface area contributed by atoms with Gasteiger partial charge >= 0.3 is 0 Å².